The maximum absolute atomic E-state index is 13.0. The fourth-order valence-electron chi connectivity index (χ4n) is 5.70. The highest BCUT2D eigenvalue weighted by molar-refractivity contribution is 6.31. The number of nitrogens with zero attached hydrogens (tertiary/aromatic N) is 3. The van der Waals surface area contributed by atoms with Gasteiger partial charge < -0.3 is 14.5 Å². The Morgan fingerprint density at radius 2 is 1.79 bits per heavy atom. The minimum Gasteiger partial charge on any atom is -0.494 e. The van der Waals surface area contributed by atoms with Crippen LogP contribution in [0.15, 0.2) is 18.2 Å². The first-order valence-electron chi connectivity index (χ1n) is 12.7. The summed E-state index contributed by atoms with van der Waals surface area (Å²) in [4.78, 5) is 31.8. The summed E-state index contributed by atoms with van der Waals surface area (Å²) in [6.07, 6.45) is 8.97. The lowest BCUT2D eigenvalue weighted by molar-refractivity contribution is -0.135. The molecule has 33 heavy (non-hydrogen) atoms. The summed E-state index contributed by atoms with van der Waals surface area (Å²) in [5.74, 6) is 1.49. The van der Waals surface area contributed by atoms with Gasteiger partial charge in [0.2, 0.25) is 5.91 Å². The number of carbonyl (C=O) groups is 2. The zero-order chi connectivity index (χ0) is 23.4. The van der Waals surface area contributed by atoms with Gasteiger partial charge in [-0.05, 0) is 81.8 Å². The highest BCUT2D eigenvalue weighted by Gasteiger charge is 2.41. The molecule has 3 aliphatic rings. The maximum Gasteiger partial charge on any atom is 0.327 e. The Balaban J connectivity index is 1.28. The van der Waals surface area contributed by atoms with Crippen molar-refractivity contribution in [3.05, 3.63) is 28.8 Å². The molecule has 6 nitrogen and oxygen atoms in total. The van der Waals surface area contributed by atoms with Crippen molar-refractivity contribution < 1.29 is 14.3 Å². The van der Waals surface area contributed by atoms with E-state index >= 15 is 0 Å². The third-order valence-electron chi connectivity index (χ3n) is 7.69. The van der Waals surface area contributed by atoms with Crippen LogP contribution in [0.4, 0.5) is 4.79 Å². The Morgan fingerprint density at radius 1 is 1.06 bits per heavy atom. The van der Waals surface area contributed by atoms with E-state index in [1.807, 2.05) is 31.0 Å². The lowest BCUT2D eigenvalue weighted by Crippen LogP contribution is -2.61. The number of benzene rings is 1. The van der Waals surface area contributed by atoms with Gasteiger partial charge in [0.1, 0.15) is 5.75 Å². The molecule has 182 valence electrons. The van der Waals surface area contributed by atoms with Crippen LogP contribution < -0.4 is 4.74 Å². The summed E-state index contributed by atoms with van der Waals surface area (Å²) < 4.78 is 5.64. The summed E-state index contributed by atoms with van der Waals surface area (Å²) in [6, 6.07) is 5.91. The molecule has 0 aromatic heterocycles. The van der Waals surface area contributed by atoms with Gasteiger partial charge in [-0.1, -0.05) is 30.9 Å². The second-order valence-electron chi connectivity index (χ2n) is 9.94. The van der Waals surface area contributed by atoms with Crippen molar-refractivity contribution in [1.82, 2.24) is 14.7 Å². The number of hydrogen-bond acceptors (Lipinski definition) is 4. The minimum atomic E-state index is -0.0955. The zero-order valence-electron chi connectivity index (χ0n) is 20.1. The first kappa shape index (κ1) is 24.3. The van der Waals surface area contributed by atoms with Crippen LogP contribution in [0.1, 0.15) is 63.9 Å². The van der Waals surface area contributed by atoms with Crippen LogP contribution in [0, 0.1) is 5.92 Å². The predicted octanol–water partition coefficient (Wildman–Crippen LogP) is 4.98. The number of halogens is 1. The fraction of sp³-hybridized carbons (Fsp3) is 0.692. The van der Waals surface area contributed by atoms with E-state index in [1.54, 1.807) is 4.90 Å². The van der Waals surface area contributed by atoms with Crippen molar-refractivity contribution in [2.75, 3.05) is 33.3 Å². The Hall–Kier alpha value is -1.79. The molecule has 1 aliphatic carbocycles. The molecule has 3 amide bonds. The van der Waals surface area contributed by atoms with Crippen molar-refractivity contribution in [2.24, 2.45) is 5.92 Å². The molecule has 2 aliphatic heterocycles. The first-order valence-corrected chi connectivity index (χ1v) is 13.1. The zero-order valence-corrected chi connectivity index (χ0v) is 20.9. The summed E-state index contributed by atoms with van der Waals surface area (Å²) in [7, 11) is 1.87. The van der Waals surface area contributed by atoms with Gasteiger partial charge in [-0.25, -0.2) is 4.79 Å². The Morgan fingerprint density at radius 3 is 2.48 bits per heavy atom. The van der Waals surface area contributed by atoms with E-state index in [2.05, 4.69) is 11.0 Å². The SMILES string of the molecule is CCOc1ccc(Cl)c(CC2CCN(CC3CC(=O)N(C4CCCCC4)C(=O)N3C)CC2)c1. The van der Waals surface area contributed by atoms with Crippen LogP contribution in [-0.4, -0.2) is 72.0 Å². The Labute approximate surface area is 203 Å². The van der Waals surface area contributed by atoms with E-state index in [1.165, 1.54) is 6.42 Å². The van der Waals surface area contributed by atoms with E-state index in [0.717, 1.165) is 80.9 Å². The standard InChI is InChI=1S/C26H38ClN3O3/c1-3-33-23-9-10-24(27)20(16-23)15-19-11-13-29(14-12-19)18-22-17-25(31)30(26(32)28(22)2)21-7-5-4-6-8-21/h9-10,16,19,21-22H,3-8,11-15,17-18H2,1-2H3. The lowest BCUT2D eigenvalue weighted by Gasteiger charge is -2.44. The van der Waals surface area contributed by atoms with Crippen molar-refractivity contribution in [3.63, 3.8) is 0 Å². The van der Waals surface area contributed by atoms with E-state index in [0.29, 0.717) is 18.9 Å². The number of piperidine rings is 1. The maximum atomic E-state index is 13.0. The summed E-state index contributed by atoms with van der Waals surface area (Å²) in [6.45, 7) is 5.40. The van der Waals surface area contributed by atoms with Gasteiger partial charge in [0.15, 0.2) is 0 Å². The third-order valence-corrected chi connectivity index (χ3v) is 8.06. The first-order chi connectivity index (χ1) is 16.0. The van der Waals surface area contributed by atoms with Gasteiger partial charge >= 0.3 is 6.03 Å². The van der Waals surface area contributed by atoms with Gasteiger partial charge in [0.25, 0.3) is 0 Å². The molecule has 1 aromatic carbocycles. The van der Waals surface area contributed by atoms with E-state index in [4.69, 9.17) is 16.3 Å². The van der Waals surface area contributed by atoms with Crippen LogP contribution >= 0.6 is 11.6 Å². The van der Waals surface area contributed by atoms with Crippen molar-refractivity contribution in [1.29, 1.82) is 0 Å². The molecule has 2 saturated heterocycles. The molecular weight excluding hydrogens is 438 g/mol. The molecule has 0 N–H and O–H groups in total. The normalized spacial score (nSPS) is 23.9. The van der Waals surface area contributed by atoms with Crippen LogP contribution in [-0.2, 0) is 11.2 Å². The fourth-order valence-corrected chi connectivity index (χ4v) is 5.90. The predicted molar refractivity (Wildman–Crippen MR) is 131 cm³/mol. The van der Waals surface area contributed by atoms with Crippen LogP contribution in [0.2, 0.25) is 5.02 Å². The van der Waals surface area contributed by atoms with Gasteiger partial charge in [0, 0.05) is 31.1 Å². The molecule has 0 radical (unpaired) electrons. The number of hydrogen-bond donors (Lipinski definition) is 0. The van der Waals surface area contributed by atoms with Gasteiger partial charge in [-0.15, -0.1) is 0 Å². The molecule has 1 aromatic rings. The number of rotatable bonds is 7. The number of imide groups is 1. The lowest BCUT2D eigenvalue weighted by atomic mass is 9.89. The molecule has 0 spiro atoms. The largest absolute Gasteiger partial charge is 0.494 e. The topological polar surface area (TPSA) is 53.1 Å². The number of likely N-dealkylation sites (tertiary alicyclic amines) is 1. The monoisotopic (exact) mass is 475 g/mol. The molecule has 2 heterocycles. The quantitative estimate of drug-likeness (QED) is 0.558. The average molecular weight is 476 g/mol. The number of likely N-dealkylation sites (N-methyl/N-ethyl adjacent to an activating group) is 1. The highest BCUT2D eigenvalue weighted by Crippen LogP contribution is 2.30. The summed E-state index contributed by atoms with van der Waals surface area (Å²) in [5.41, 5.74) is 1.16. The van der Waals surface area contributed by atoms with Gasteiger partial charge in [-0.2, -0.15) is 0 Å². The van der Waals surface area contributed by atoms with Crippen LogP contribution in [0.5, 0.6) is 5.75 Å². The number of amides is 3. The molecule has 4 rings (SSSR count). The third kappa shape index (κ3) is 5.83. The number of carbonyl (C=O) groups excluding carboxylic acids is 2. The van der Waals surface area contributed by atoms with E-state index in [9.17, 15) is 9.59 Å². The number of ether oxygens (including phenoxy) is 1. The number of urea groups is 1. The highest BCUT2D eigenvalue weighted by atomic mass is 35.5. The van der Waals surface area contributed by atoms with Crippen LogP contribution in [0.3, 0.4) is 0 Å². The second kappa shape index (κ2) is 11.1. The molecule has 1 unspecified atom stereocenters. The van der Waals surface area contributed by atoms with Crippen LogP contribution in [0.25, 0.3) is 0 Å². The van der Waals surface area contributed by atoms with Crippen molar-refractivity contribution >= 4 is 23.5 Å². The average Bonchev–Trinajstić information content (AvgIpc) is 2.82. The van der Waals surface area contributed by atoms with E-state index in [-0.39, 0.29) is 24.0 Å². The Kier molecular flexibility index (Phi) is 8.18. The van der Waals surface area contributed by atoms with E-state index < -0.39 is 0 Å². The molecule has 7 heteroatoms. The van der Waals surface area contributed by atoms with Crippen molar-refractivity contribution in [2.45, 2.75) is 76.8 Å². The summed E-state index contributed by atoms with van der Waals surface area (Å²) in [5, 5.41) is 0.809. The second-order valence-corrected chi connectivity index (χ2v) is 10.3. The molecule has 1 saturated carbocycles. The van der Waals surface area contributed by atoms with Gasteiger partial charge in [0.05, 0.1) is 12.6 Å². The molecule has 1 atom stereocenters. The minimum absolute atomic E-state index is 0.0220. The molecule has 3 fully saturated rings. The van der Waals surface area contributed by atoms with Gasteiger partial charge in [-0.3, -0.25) is 9.69 Å². The summed E-state index contributed by atoms with van der Waals surface area (Å²) >= 11 is 6.45. The molecule has 0 bridgehead atoms. The Bertz CT molecular complexity index is 834. The smallest absolute Gasteiger partial charge is 0.327 e. The van der Waals surface area contributed by atoms with Crippen molar-refractivity contribution in [3.8, 4) is 5.75 Å². The molecular formula is C26H38ClN3O3.